The standard InChI is InChI=1S/C15H22N2O2S2/c18-14(13-2-1-9-21-13)16-12-15(3-10-20-11-4-15)17-5-7-19-8-6-17/h1-2,9H,3-8,10-12H2,(H,16,18). The molecule has 0 spiro atoms. The van der Waals surface area contributed by atoms with E-state index in [1.54, 1.807) is 0 Å². The molecule has 2 saturated heterocycles. The second kappa shape index (κ2) is 7.13. The smallest absolute Gasteiger partial charge is 0.261 e. The zero-order chi connectivity index (χ0) is 14.5. The van der Waals surface area contributed by atoms with Crippen LogP contribution < -0.4 is 5.32 Å². The quantitative estimate of drug-likeness (QED) is 0.920. The van der Waals surface area contributed by atoms with Gasteiger partial charge in [0.25, 0.3) is 5.91 Å². The average Bonchev–Trinajstić information content (AvgIpc) is 3.09. The van der Waals surface area contributed by atoms with E-state index in [1.807, 2.05) is 29.3 Å². The van der Waals surface area contributed by atoms with Crippen molar-refractivity contribution in [3.63, 3.8) is 0 Å². The summed E-state index contributed by atoms with van der Waals surface area (Å²) in [7, 11) is 0. The van der Waals surface area contributed by atoms with Gasteiger partial charge in [-0.25, -0.2) is 0 Å². The second-order valence-electron chi connectivity index (χ2n) is 5.60. The maximum Gasteiger partial charge on any atom is 0.261 e. The van der Waals surface area contributed by atoms with E-state index in [9.17, 15) is 4.79 Å². The molecule has 0 radical (unpaired) electrons. The third-order valence-corrected chi connectivity index (χ3v) is 6.28. The van der Waals surface area contributed by atoms with Gasteiger partial charge in [0.1, 0.15) is 0 Å². The van der Waals surface area contributed by atoms with Crippen LogP contribution in [0.1, 0.15) is 22.5 Å². The Labute approximate surface area is 134 Å². The number of amides is 1. The lowest BCUT2D eigenvalue weighted by Gasteiger charge is -2.48. The lowest BCUT2D eigenvalue weighted by molar-refractivity contribution is -0.0254. The molecule has 0 unspecified atom stereocenters. The molecule has 2 fully saturated rings. The summed E-state index contributed by atoms with van der Waals surface area (Å²) in [5, 5.41) is 5.12. The fraction of sp³-hybridized carbons (Fsp3) is 0.667. The molecule has 21 heavy (non-hydrogen) atoms. The Morgan fingerprint density at radius 3 is 2.76 bits per heavy atom. The van der Waals surface area contributed by atoms with Gasteiger partial charge in [-0.3, -0.25) is 9.69 Å². The van der Waals surface area contributed by atoms with Gasteiger partial charge in [0, 0.05) is 25.2 Å². The number of morpholine rings is 1. The van der Waals surface area contributed by atoms with Gasteiger partial charge < -0.3 is 10.1 Å². The lowest BCUT2D eigenvalue weighted by atomic mass is 9.89. The Hall–Kier alpha value is -0.560. The largest absolute Gasteiger partial charge is 0.379 e. The molecule has 0 aliphatic carbocycles. The van der Waals surface area contributed by atoms with Crippen LogP contribution in [0.2, 0.25) is 0 Å². The van der Waals surface area contributed by atoms with E-state index in [0.29, 0.717) is 0 Å². The van der Waals surface area contributed by atoms with Gasteiger partial charge >= 0.3 is 0 Å². The highest BCUT2D eigenvalue weighted by Crippen LogP contribution is 2.32. The molecule has 1 N–H and O–H groups in total. The molecule has 4 nitrogen and oxygen atoms in total. The monoisotopic (exact) mass is 326 g/mol. The second-order valence-corrected chi connectivity index (χ2v) is 7.77. The summed E-state index contributed by atoms with van der Waals surface area (Å²) in [5.74, 6) is 2.44. The van der Waals surface area contributed by atoms with Crippen LogP contribution in [0.5, 0.6) is 0 Å². The Balaban J connectivity index is 1.65. The lowest BCUT2D eigenvalue weighted by Crippen LogP contribution is -2.60. The van der Waals surface area contributed by atoms with Crippen molar-refractivity contribution in [2.24, 2.45) is 0 Å². The summed E-state index contributed by atoms with van der Waals surface area (Å²) < 4.78 is 5.49. The minimum Gasteiger partial charge on any atom is -0.379 e. The van der Waals surface area contributed by atoms with E-state index in [1.165, 1.54) is 22.8 Å². The summed E-state index contributed by atoms with van der Waals surface area (Å²) in [6.07, 6.45) is 2.31. The van der Waals surface area contributed by atoms with Gasteiger partial charge in [0.2, 0.25) is 0 Å². The number of nitrogens with zero attached hydrogens (tertiary/aromatic N) is 1. The predicted octanol–water partition coefficient (Wildman–Crippen LogP) is 2.08. The van der Waals surface area contributed by atoms with Gasteiger partial charge in [-0.15, -0.1) is 11.3 Å². The SMILES string of the molecule is O=C(NCC1(N2CCOCC2)CCSCC1)c1cccs1. The molecule has 1 amide bonds. The number of nitrogens with one attached hydrogen (secondary N) is 1. The maximum absolute atomic E-state index is 12.2. The molecular weight excluding hydrogens is 304 g/mol. The molecule has 3 heterocycles. The first-order valence-corrected chi connectivity index (χ1v) is 9.56. The van der Waals surface area contributed by atoms with Gasteiger partial charge in [-0.2, -0.15) is 11.8 Å². The molecule has 6 heteroatoms. The average molecular weight is 326 g/mol. The van der Waals surface area contributed by atoms with Crippen LogP contribution in [0.3, 0.4) is 0 Å². The Bertz CT molecular complexity index is 452. The molecule has 3 rings (SSSR count). The third kappa shape index (κ3) is 3.62. The number of rotatable bonds is 4. The van der Waals surface area contributed by atoms with Gasteiger partial charge in [-0.05, 0) is 35.8 Å². The van der Waals surface area contributed by atoms with Crippen molar-refractivity contribution in [1.82, 2.24) is 10.2 Å². The number of ether oxygens (including phenoxy) is 1. The Morgan fingerprint density at radius 1 is 1.33 bits per heavy atom. The van der Waals surface area contributed by atoms with Crippen molar-refractivity contribution < 1.29 is 9.53 Å². The van der Waals surface area contributed by atoms with Crippen LogP contribution in [-0.4, -0.2) is 60.7 Å². The van der Waals surface area contributed by atoms with E-state index in [4.69, 9.17) is 4.74 Å². The number of carbonyl (C=O) groups is 1. The molecule has 0 saturated carbocycles. The molecule has 0 bridgehead atoms. The minimum absolute atomic E-state index is 0.0656. The van der Waals surface area contributed by atoms with Gasteiger partial charge in [0.05, 0.1) is 18.1 Å². The number of carbonyl (C=O) groups excluding carboxylic acids is 1. The molecular formula is C15H22N2O2S2. The van der Waals surface area contributed by atoms with Crippen molar-refractivity contribution in [3.8, 4) is 0 Å². The van der Waals surface area contributed by atoms with Crippen LogP contribution in [0.4, 0.5) is 0 Å². The predicted molar refractivity (Wildman–Crippen MR) is 88.3 cm³/mol. The molecule has 116 valence electrons. The first-order chi connectivity index (χ1) is 10.3. The summed E-state index contributed by atoms with van der Waals surface area (Å²) in [6, 6.07) is 3.81. The number of hydrogen-bond acceptors (Lipinski definition) is 5. The number of thioether (sulfide) groups is 1. The Kier molecular flexibility index (Phi) is 5.21. The first-order valence-electron chi connectivity index (χ1n) is 7.52. The summed E-state index contributed by atoms with van der Waals surface area (Å²) in [6.45, 7) is 4.35. The third-order valence-electron chi connectivity index (χ3n) is 4.43. The molecule has 1 aromatic heterocycles. The number of hydrogen-bond donors (Lipinski definition) is 1. The van der Waals surface area contributed by atoms with E-state index in [0.717, 1.165) is 50.6 Å². The molecule has 0 atom stereocenters. The first kappa shape index (κ1) is 15.3. The summed E-state index contributed by atoms with van der Waals surface area (Å²) >= 11 is 3.53. The topological polar surface area (TPSA) is 41.6 Å². The number of thiophene rings is 1. The molecule has 1 aromatic rings. The highest BCUT2D eigenvalue weighted by molar-refractivity contribution is 7.99. The normalized spacial score (nSPS) is 22.9. The zero-order valence-corrected chi connectivity index (χ0v) is 13.8. The Morgan fingerprint density at radius 2 is 2.10 bits per heavy atom. The minimum atomic E-state index is 0.0656. The van der Waals surface area contributed by atoms with E-state index < -0.39 is 0 Å². The van der Waals surface area contributed by atoms with Gasteiger partial charge in [0.15, 0.2) is 0 Å². The molecule has 2 aliphatic rings. The zero-order valence-electron chi connectivity index (χ0n) is 12.2. The van der Waals surface area contributed by atoms with Crippen molar-refractivity contribution >= 4 is 29.0 Å². The van der Waals surface area contributed by atoms with Crippen molar-refractivity contribution in [2.45, 2.75) is 18.4 Å². The fourth-order valence-electron chi connectivity index (χ4n) is 3.13. The highest BCUT2D eigenvalue weighted by atomic mass is 32.2. The van der Waals surface area contributed by atoms with Crippen LogP contribution in [0, 0.1) is 0 Å². The van der Waals surface area contributed by atoms with Crippen LogP contribution in [-0.2, 0) is 4.74 Å². The van der Waals surface area contributed by atoms with Gasteiger partial charge in [-0.1, -0.05) is 6.07 Å². The van der Waals surface area contributed by atoms with Crippen LogP contribution in [0.25, 0.3) is 0 Å². The molecule has 2 aliphatic heterocycles. The van der Waals surface area contributed by atoms with E-state index in [2.05, 4.69) is 10.2 Å². The van der Waals surface area contributed by atoms with Crippen molar-refractivity contribution in [1.29, 1.82) is 0 Å². The van der Waals surface area contributed by atoms with E-state index in [-0.39, 0.29) is 11.4 Å². The van der Waals surface area contributed by atoms with Crippen LogP contribution in [0.15, 0.2) is 17.5 Å². The van der Waals surface area contributed by atoms with Crippen LogP contribution >= 0.6 is 23.1 Å². The summed E-state index contributed by atoms with van der Waals surface area (Å²) in [5.41, 5.74) is 0.127. The fourth-order valence-corrected chi connectivity index (χ4v) is 5.03. The highest BCUT2D eigenvalue weighted by Gasteiger charge is 2.39. The molecule has 0 aromatic carbocycles. The van der Waals surface area contributed by atoms with E-state index >= 15 is 0 Å². The van der Waals surface area contributed by atoms with Crippen molar-refractivity contribution in [2.75, 3.05) is 44.4 Å². The summed E-state index contributed by atoms with van der Waals surface area (Å²) in [4.78, 5) is 15.6. The van der Waals surface area contributed by atoms with Crippen molar-refractivity contribution in [3.05, 3.63) is 22.4 Å². The maximum atomic E-state index is 12.2.